The second-order valence-electron chi connectivity index (χ2n) is 6.22. The fraction of sp³-hybridized carbons (Fsp3) is 0.300. The van der Waals surface area contributed by atoms with Crippen LogP contribution in [0.3, 0.4) is 0 Å². The first-order valence-electron chi connectivity index (χ1n) is 8.31. The molecule has 2 aromatic carbocycles. The Kier molecular flexibility index (Phi) is 5.45. The largest absolute Gasteiger partial charge is 0.336 e. The van der Waals surface area contributed by atoms with Crippen LogP contribution in [0.4, 0.5) is 0 Å². The number of hydrogen-bond acceptors (Lipinski definition) is 4. The molecule has 0 spiro atoms. The maximum Gasteiger partial charge on any atom is 0.236 e. The summed E-state index contributed by atoms with van der Waals surface area (Å²) in [5, 5.41) is 0.842. The van der Waals surface area contributed by atoms with Crippen molar-refractivity contribution < 1.29 is 4.79 Å². The van der Waals surface area contributed by atoms with E-state index in [4.69, 9.17) is 0 Å². The Bertz CT molecular complexity index is 840. The molecule has 1 amide bonds. The molecule has 5 heteroatoms. The fourth-order valence-electron chi connectivity index (χ4n) is 2.58. The number of fused-ring (bicyclic) bond motifs is 1. The van der Waals surface area contributed by atoms with Gasteiger partial charge in [0.1, 0.15) is 5.01 Å². The molecule has 25 heavy (non-hydrogen) atoms. The lowest BCUT2D eigenvalue weighted by Crippen LogP contribution is -2.35. The summed E-state index contributed by atoms with van der Waals surface area (Å²) in [4.78, 5) is 20.4. The number of aryl methyl sites for hydroxylation is 1. The average Bonchev–Trinajstić information content (AvgIpc) is 3.05. The molecule has 1 aromatic heterocycles. The summed E-state index contributed by atoms with van der Waals surface area (Å²) in [5.41, 5.74) is 2.22. The van der Waals surface area contributed by atoms with Crippen LogP contribution in [-0.4, -0.2) is 28.1 Å². The minimum absolute atomic E-state index is 0.0361. The van der Waals surface area contributed by atoms with Crippen molar-refractivity contribution >= 4 is 39.2 Å². The molecule has 0 radical (unpaired) electrons. The van der Waals surface area contributed by atoms with Crippen molar-refractivity contribution in [2.75, 3.05) is 7.05 Å². The maximum atomic E-state index is 12.8. The monoisotopic (exact) mass is 370 g/mol. The Morgan fingerprint density at radius 3 is 2.48 bits per heavy atom. The number of thioether (sulfide) groups is 1. The Balaban J connectivity index is 1.70. The molecule has 1 heterocycles. The molecule has 3 nitrogen and oxygen atoms in total. The number of amides is 1. The minimum atomic E-state index is -0.135. The number of benzene rings is 2. The van der Waals surface area contributed by atoms with E-state index < -0.39 is 0 Å². The average molecular weight is 371 g/mol. The van der Waals surface area contributed by atoms with Crippen molar-refractivity contribution in [3.8, 4) is 0 Å². The van der Waals surface area contributed by atoms with E-state index in [2.05, 4.69) is 42.2 Å². The van der Waals surface area contributed by atoms with Crippen molar-refractivity contribution in [2.24, 2.45) is 0 Å². The summed E-state index contributed by atoms with van der Waals surface area (Å²) < 4.78 is 1.16. The van der Waals surface area contributed by atoms with Crippen LogP contribution in [0.5, 0.6) is 0 Å². The van der Waals surface area contributed by atoms with Crippen LogP contribution in [0.15, 0.2) is 53.4 Å². The number of aromatic nitrogens is 1. The van der Waals surface area contributed by atoms with Crippen molar-refractivity contribution in [2.45, 2.75) is 37.0 Å². The molecular weight excluding hydrogens is 348 g/mol. The summed E-state index contributed by atoms with van der Waals surface area (Å²) in [7, 11) is 1.87. The van der Waals surface area contributed by atoms with Crippen LogP contribution < -0.4 is 0 Å². The summed E-state index contributed by atoms with van der Waals surface area (Å²) in [6.07, 6.45) is 0. The van der Waals surface area contributed by atoms with Gasteiger partial charge in [-0.2, -0.15) is 0 Å². The first-order chi connectivity index (χ1) is 12.0. The zero-order valence-electron chi connectivity index (χ0n) is 14.9. The zero-order valence-corrected chi connectivity index (χ0v) is 16.5. The van der Waals surface area contributed by atoms with Gasteiger partial charge in [0.05, 0.1) is 21.5 Å². The molecule has 3 rings (SSSR count). The Morgan fingerprint density at radius 1 is 1.12 bits per heavy atom. The number of thiazole rings is 1. The van der Waals surface area contributed by atoms with Crippen molar-refractivity contribution in [1.29, 1.82) is 0 Å². The summed E-state index contributed by atoms with van der Waals surface area (Å²) in [5.74, 6) is 0.123. The van der Waals surface area contributed by atoms with Gasteiger partial charge in [-0.05, 0) is 45.0 Å². The Hall–Kier alpha value is -1.85. The topological polar surface area (TPSA) is 33.2 Å². The molecule has 0 aliphatic rings. The second-order valence-corrected chi connectivity index (χ2v) is 8.69. The smallest absolute Gasteiger partial charge is 0.236 e. The van der Waals surface area contributed by atoms with Gasteiger partial charge in [0.2, 0.25) is 5.91 Å². The predicted molar refractivity (Wildman–Crippen MR) is 107 cm³/mol. The van der Waals surface area contributed by atoms with Crippen molar-refractivity contribution in [3.05, 3.63) is 59.1 Å². The van der Waals surface area contributed by atoms with Gasteiger partial charge < -0.3 is 4.90 Å². The van der Waals surface area contributed by atoms with Gasteiger partial charge in [-0.1, -0.05) is 29.8 Å². The van der Waals surface area contributed by atoms with Crippen LogP contribution in [-0.2, 0) is 4.79 Å². The number of para-hydroxylation sites is 1. The van der Waals surface area contributed by atoms with Crippen LogP contribution >= 0.6 is 23.1 Å². The van der Waals surface area contributed by atoms with Gasteiger partial charge in [0.15, 0.2) is 0 Å². The molecular formula is C20H22N2OS2. The molecule has 3 aromatic rings. The lowest BCUT2D eigenvalue weighted by atomic mass is 10.2. The zero-order chi connectivity index (χ0) is 18.0. The quantitative estimate of drug-likeness (QED) is 0.571. The lowest BCUT2D eigenvalue weighted by molar-refractivity contribution is -0.130. The van der Waals surface area contributed by atoms with E-state index in [1.54, 1.807) is 23.1 Å². The van der Waals surface area contributed by atoms with E-state index in [0.717, 1.165) is 20.1 Å². The Morgan fingerprint density at radius 2 is 1.80 bits per heavy atom. The maximum absolute atomic E-state index is 12.8. The molecule has 0 bridgehead atoms. The van der Waals surface area contributed by atoms with E-state index in [1.165, 1.54) is 5.56 Å². The molecule has 0 saturated heterocycles. The summed E-state index contributed by atoms with van der Waals surface area (Å²) >= 11 is 3.25. The van der Waals surface area contributed by atoms with E-state index in [1.807, 2.05) is 44.0 Å². The van der Waals surface area contributed by atoms with Crippen LogP contribution in [0.25, 0.3) is 10.2 Å². The summed E-state index contributed by atoms with van der Waals surface area (Å²) in [6, 6.07) is 16.4. The lowest BCUT2D eigenvalue weighted by Gasteiger charge is -2.26. The van der Waals surface area contributed by atoms with E-state index in [0.29, 0.717) is 0 Å². The highest BCUT2D eigenvalue weighted by atomic mass is 32.2. The molecule has 0 aliphatic heterocycles. The van der Waals surface area contributed by atoms with E-state index in [-0.39, 0.29) is 17.2 Å². The molecule has 0 fully saturated rings. The van der Waals surface area contributed by atoms with Crippen LogP contribution in [0.1, 0.15) is 30.5 Å². The number of nitrogens with zero attached hydrogens (tertiary/aromatic N) is 2. The third-order valence-corrected chi connectivity index (χ3v) is 6.58. The summed E-state index contributed by atoms with van der Waals surface area (Å²) in [6.45, 7) is 6.07. The normalized spacial score (nSPS) is 13.6. The fourth-order valence-corrected chi connectivity index (χ4v) is 4.61. The molecule has 0 unspecified atom stereocenters. The number of rotatable bonds is 5. The van der Waals surface area contributed by atoms with E-state index >= 15 is 0 Å². The van der Waals surface area contributed by atoms with Gasteiger partial charge in [0, 0.05) is 11.9 Å². The van der Waals surface area contributed by atoms with Gasteiger partial charge in [-0.3, -0.25) is 4.79 Å². The molecule has 0 N–H and O–H groups in total. The van der Waals surface area contributed by atoms with Gasteiger partial charge >= 0.3 is 0 Å². The predicted octanol–water partition coefficient (Wildman–Crippen LogP) is 5.30. The highest BCUT2D eigenvalue weighted by Gasteiger charge is 2.25. The molecule has 130 valence electrons. The van der Waals surface area contributed by atoms with Crippen molar-refractivity contribution in [1.82, 2.24) is 9.88 Å². The van der Waals surface area contributed by atoms with Gasteiger partial charge in [0.25, 0.3) is 0 Å². The molecule has 0 saturated carbocycles. The molecule has 0 aliphatic carbocycles. The first-order valence-corrected chi connectivity index (χ1v) is 10.0. The highest BCUT2D eigenvalue weighted by Crippen LogP contribution is 2.31. The third-order valence-electron chi connectivity index (χ3n) is 4.28. The number of carbonyl (C=O) groups is 1. The number of hydrogen-bond donors (Lipinski definition) is 0. The molecule has 2 atom stereocenters. The third kappa shape index (κ3) is 4.05. The van der Waals surface area contributed by atoms with Crippen LogP contribution in [0.2, 0.25) is 0 Å². The minimum Gasteiger partial charge on any atom is -0.336 e. The van der Waals surface area contributed by atoms with Crippen molar-refractivity contribution in [3.63, 3.8) is 0 Å². The number of carbonyl (C=O) groups excluding carboxylic acids is 1. The highest BCUT2D eigenvalue weighted by molar-refractivity contribution is 8.00. The van der Waals surface area contributed by atoms with Gasteiger partial charge in [-0.25, -0.2) is 4.98 Å². The standard InChI is InChI=1S/C20H22N2OS2/c1-13-9-11-16(12-10-13)24-15(3)20(23)22(4)14(2)19-21-17-7-5-6-8-18(17)25-19/h5-12,14-15H,1-4H3/t14-,15+/m0/s1. The van der Waals surface area contributed by atoms with Gasteiger partial charge in [-0.15, -0.1) is 23.1 Å². The SMILES string of the molecule is Cc1ccc(S[C@H](C)C(=O)N(C)[C@@H](C)c2nc3ccccc3s2)cc1. The van der Waals surface area contributed by atoms with Crippen LogP contribution in [0, 0.1) is 6.92 Å². The van der Waals surface area contributed by atoms with E-state index in [9.17, 15) is 4.79 Å². The first kappa shape index (κ1) is 18.0. The Labute approximate surface area is 157 Å². The second kappa shape index (κ2) is 7.58.